The molecule has 0 heterocycles. The molecule has 3 aromatic rings. The van der Waals surface area contributed by atoms with E-state index in [1.165, 1.54) is 0 Å². The maximum atomic E-state index is 11.1. The van der Waals surface area contributed by atoms with Crippen LogP contribution in [0, 0.1) is 0 Å². The SMILES string of the molecule is CC(C)c1cccc(CC([Si])(Cc2cccc(C(C)C)c2O)Cc2cccc(C(C)C)c2O)c1O. The van der Waals surface area contributed by atoms with Gasteiger partial charge in [-0.2, -0.15) is 0 Å². The molecule has 3 radical (unpaired) electrons. The number of benzene rings is 3. The van der Waals surface area contributed by atoms with Gasteiger partial charge in [0, 0.05) is 10.2 Å². The number of hydrogen-bond donors (Lipinski definition) is 3. The minimum Gasteiger partial charge on any atom is -0.507 e. The van der Waals surface area contributed by atoms with E-state index in [1.807, 2.05) is 54.6 Å². The van der Waals surface area contributed by atoms with Crippen molar-refractivity contribution in [2.45, 2.75) is 83.6 Å². The van der Waals surface area contributed by atoms with Gasteiger partial charge in [0.1, 0.15) is 17.2 Å². The molecule has 35 heavy (non-hydrogen) atoms. The first kappa shape index (κ1) is 26.9. The second kappa shape index (κ2) is 10.9. The Morgan fingerprint density at radius 3 is 1.03 bits per heavy atom. The van der Waals surface area contributed by atoms with Gasteiger partial charge in [-0.1, -0.05) is 96.1 Å². The fraction of sp³-hybridized carbons (Fsp3) is 0.419. The fourth-order valence-electron chi connectivity index (χ4n) is 4.94. The monoisotopic (exact) mass is 487 g/mol. The average molecular weight is 488 g/mol. The third kappa shape index (κ3) is 6.10. The molecule has 3 N–H and O–H groups in total. The molecule has 185 valence electrons. The van der Waals surface area contributed by atoms with Gasteiger partial charge in [-0.3, -0.25) is 0 Å². The van der Waals surface area contributed by atoms with E-state index >= 15 is 0 Å². The van der Waals surface area contributed by atoms with Crippen molar-refractivity contribution in [2.24, 2.45) is 0 Å². The van der Waals surface area contributed by atoms with E-state index < -0.39 is 5.04 Å². The Bertz CT molecular complexity index is 1020. The van der Waals surface area contributed by atoms with Crippen LogP contribution in [0.15, 0.2) is 54.6 Å². The molecule has 0 amide bonds. The van der Waals surface area contributed by atoms with Gasteiger partial charge in [-0.05, 0) is 75.4 Å². The van der Waals surface area contributed by atoms with Crippen molar-refractivity contribution in [3.8, 4) is 17.2 Å². The van der Waals surface area contributed by atoms with Crippen LogP contribution in [0.3, 0.4) is 0 Å². The van der Waals surface area contributed by atoms with Crippen LogP contribution in [0.25, 0.3) is 0 Å². The maximum absolute atomic E-state index is 11.1. The molecule has 0 atom stereocenters. The zero-order valence-corrected chi connectivity index (χ0v) is 22.9. The Hall–Kier alpha value is -2.72. The summed E-state index contributed by atoms with van der Waals surface area (Å²) in [5, 5.41) is 32.7. The molecule has 0 unspecified atom stereocenters. The summed E-state index contributed by atoms with van der Waals surface area (Å²) in [6.45, 7) is 12.4. The lowest BCUT2D eigenvalue weighted by Gasteiger charge is -2.32. The third-order valence-corrected chi connectivity index (χ3v) is 7.44. The Morgan fingerprint density at radius 1 is 0.543 bits per heavy atom. The minimum absolute atomic E-state index is 0.206. The lowest BCUT2D eigenvalue weighted by atomic mass is 9.83. The first-order valence-electron chi connectivity index (χ1n) is 12.6. The fourth-order valence-corrected chi connectivity index (χ4v) is 5.51. The van der Waals surface area contributed by atoms with Gasteiger partial charge in [-0.25, -0.2) is 0 Å². The number of phenolic OH excluding ortho intramolecular Hbond substituents is 3. The lowest BCUT2D eigenvalue weighted by Crippen LogP contribution is -2.23. The van der Waals surface area contributed by atoms with E-state index in [4.69, 9.17) is 0 Å². The Morgan fingerprint density at radius 2 is 0.800 bits per heavy atom. The normalized spacial score (nSPS) is 12.2. The standard InChI is InChI=1S/C31H39O3Si/c1-19(2)25-13-7-10-22(28(25)32)16-31(35,17-23-11-8-14-26(20(3)4)29(23)33)18-24-12-9-15-27(21(5)6)30(24)34/h7-15,19-21,32-34H,16-18H2,1-6H3. The minimum atomic E-state index is -0.548. The third-order valence-electron chi connectivity index (χ3n) is 6.90. The molecule has 4 heteroatoms. The summed E-state index contributed by atoms with van der Waals surface area (Å²) in [6.07, 6.45) is 1.60. The van der Waals surface area contributed by atoms with Crippen LogP contribution in [0.2, 0.25) is 5.04 Å². The summed E-state index contributed by atoms with van der Waals surface area (Å²) in [5.41, 5.74) is 5.32. The molecule has 0 spiro atoms. The Labute approximate surface area is 214 Å². The summed E-state index contributed by atoms with van der Waals surface area (Å²) < 4.78 is 0. The van der Waals surface area contributed by atoms with Crippen molar-refractivity contribution in [3.05, 3.63) is 88.0 Å². The second-order valence-corrected chi connectivity index (χ2v) is 11.9. The summed E-state index contributed by atoms with van der Waals surface area (Å²) in [5.74, 6) is 1.59. The lowest BCUT2D eigenvalue weighted by molar-refractivity contribution is 0.429. The van der Waals surface area contributed by atoms with Crippen LogP contribution < -0.4 is 0 Å². The van der Waals surface area contributed by atoms with Crippen LogP contribution in [0.5, 0.6) is 17.2 Å². The van der Waals surface area contributed by atoms with Crippen LogP contribution >= 0.6 is 0 Å². The number of aromatic hydroxyl groups is 3. The van der Waals surface area contributed by atoms with Crippen molar-refractivity contribution in [1.29, 1.82) is 0 Å². The average Bonchev–Trinajstić information content (AvgIpc) is 2.77. The molecule has 0 aliphatic rings. The van der Waals surface area contributed by atoms with E-state index in [-0.39, 0.29) is 17.8 Å². The molecule has 0 bridgehead atoms. The summed E-state index contributed by atoms with van der Waals surface area (Å²) in [7, 11) is 4.12. The summed E-state index contributed by atoms with van der Waals surface area (Å²) >= 11 is 0. The predicted octanol–water partition coefficient (Wildman–Crippen LogP) is 7.53. The smallest absolute Gasteiger partial charge is 0.122 e. The van der Waals surface area contributed by atoms with Crippen LogP contribution in [-0.4, -0.2) is 25.6 Å². The maximum Gasteiger partial charge on any atom is 0.122 e. The molecule has 0 saturated heterocycles. The van der Waals surface area contributed by atoms with Crippen molar-refractivity contribution < 1.29 is 15.3 Å². The van der Waals surface area contributed by atoms with Crippen LogP contribution in [0.4, 0.5) is 0 Å². The van der Waals surface area contributed by atoms with Gasteiger partial charge < -0.3 is 15.3 Å². The topological polar surface area (TPSA) is 60.7 Å². The highest BCUT2D eigenvalue weighted by molar-refractivity contribution is 6.15. The molecular formula is C31H39O3Si. The zero-order valence-electron chi connectivity index (χ0n) is 21.9. The van der Waals surface area contributed by atoms with Crippen molar-refractivity contribution in [1.82, 2.24) is 0 Å². The van der Waals surface area contributed by atoms with Crippen LogP contribution in [0.1, 0.15) is 92.7 Å². The molecule has 0 aliphatic heterocycles. The van der Waals surface area contributed by atoms with E-state index in [2.05, 4.69) is 51.8 Å². The molecular weight excluding hydrogens is 448 g/mol. The first-order chi connectivity index (χ1) is 16.4. The number of phenols is 3. The highest BCUT2D eigenvalue weighted by Crippen LogP contribution is 2.44. The van der Waals surface area contributed by atoms with Crippen molar-refractivity contribution in [2.75, 3.05) is 0 Å². The number of rotatable bonds is 9. The molecule has 0 saturated carbocycles. The summed E-state index contributed by atoms with van der Waals surface area (Å²) in [4.78, 5) is 0. The van der Waals surface area contributed by atoms with Gasteiger partial charge in [0.05, 0.1) is 0 Å². The Kier molecular flexibility index (Phi) is 8.37. The van der Waals surface area contributed by atoms with Crippen molar-refractivity contribution >= 4 is 10.2 Å². The predicted molar refractivity (Wildman–Crippen MR) is 146 cm³/mol. The highest BCUT2D eigenvalue weighted by atomic mass is 28.1. The molecule has 0 aromatic heterocycles. The van der Waals surface area contributed by atoms with E-state index in [0.29, 0.717) is 36.5 Å². The number of hydrogen-bond acceptors (Lipinski definition) is 3. The first-order valence-corrected chi connectivity index (χ1v) is 13.1. The summed E-state index contributed by atoms with van der Waals surface area (Å²) in [6, 6.07) is 17.8. The van der Waals surface area contributed by atoms with Gasteiger partial charge in [0.15, 0.2) is 0 Å². The van der Waals surface area contributed by atoms with Gasteiger partial charge in [-0.15, -0.1) is 0 Å². The van der Waals surface area contributed by atoms with Gasteiger partial charge in [0.25, 0.3) is 0 Å². The van der Waals surface area contributed by atoms with Crippen molar-refractivity contribution in [3.63, 3.8) is 0 Å². The van der Waals surface area contributed by atoms with Gasteiger partial charge >= 0.3 is 0 Å². The number of para-hydroxylation sites is 3. The molecule has 0 aliphatic carbocycles. The van der Waals surface area contributed by atoms with E-state index in [1.54, 1.807) is 0 Å². The molecule has 3 nitrogen and oxygen atoms in total. The van der Waals surface area contributed by atoms with E-state index in [0.717, 1.165) is 33.4 Å². The zero-order chi connectivity index (χ0) is 25.9. The van der Waals surface area contributed by atoms with Crippen LogP contribution in [-0.2, 0) is 19.3 Å². The molecule has 3 rings (SSSR count). The quantitative estimate of drug-likeness (QED) is 0.273. The van der Waals surface area contributed by atoms with Gasteiger partial charge in [0.2, 0.25) is 0 Å². The second-order valence-electron chi connectivity index (χ2n) is 10.8. The highest BCUT2D eigenvalue weighted by Gasteiger charge is 2.31. The Balaban J connectivity index is 2.09. The largest absolute Gasteiger partial charge is 0.507 e. The molecule has 3 aromatic carbocycles. The molecule has 0 fully saturated rings. The van der Waals surface area contributed by atoms with E-state index in [9.17, 15) is 15.3 Å².